The minimum absolute atomic E-state index is 0.180. The minimum Gasteiger partial charge on any atom is -0.464 e. The number of ether oxygens (including phenoxy) is 2. The Bertz CT molecular complexity index is 294. The number of nitrogens with zero attached hydrogens (tertiary/aromatic N) is 1. The van der Waals surface area contributed by atoms with E-state index in [9.17, 15) is 0 Å². The van der Waals surface area contributed by atoms with E-state index < -0.39 is 0 Å². The first-order valence-electron chi connectivity index (χ1n) is 4.46. The van der Waals surface area contributed by atoms with Gasteiger partial charge in [-0.1, -0.05) is 0 Å². The van der Waals surface area contributed by atoms with Gasteiger partial charge in [0.05, 0.1) is 5.60 Å². The second-order valence-corrected chi connectivity index (χ2v) is 3.91. The molecule has 0 saturated heterocycles. The molecule has 1 aromatic heterocycles. The minimum atomic E-state index is -0.211. The maximum atomic E-state index is 5.58. The molecule has 0 aliphatic rings. The summed E-state index contributed by atoms with van der Waals surface area (Å²) >= 11 is 0. The summed E-state index contributed by atoms with van der Waals surface area (Å²) in [5, 5.41) is 0. The summed E-state index contributed by atoms with van der Waals surface area (Å²) in [5.74, 6) is 0.932. The van der Waals surface area contributed by atoms with Crippen LogP contribution in [0.4, 0.5) is 5.82 Å². The number of anilines is 1. The summed E-state index contributed by atoms with van der Waals surface area (Å²) in [6.45, 7) is 6.06. The molecule has 0 radical (unpaired) electrons. The fourth-order valence-corrected chi connectivity index (χ4v) is 0.795. The SMILES string of the molecule is CC(C)(C)OCOc1cccnc1N. The first-order valence-corrected chi connectivity index (χ1v) is 4.46. The van der Waals surface area contributed by atoms with E-state index in [2.05, 4.69) is 4.98 Å². The smallest absolute Gasteiger partial charge is 0.189 e. The fraction of sp³-hybridized carbons (Fsp3) is 0.500. The zero-order valence-corrected chi connectivity index (χ0v) is 8.78. The lowest BCUT2D eigenvalue weighted by Gasteiger charge is -2.19. The molecule has 1 aromatic rings. The van der Waals surface area contributed by atoms with Crippen LogP contribution >= 0.6 is 0 Å². The lowest BCUT2D eigenvalue weighted by atomic mass is 10.2. The van der Waals surface area contributed by atoms with E-state index in [1.54, 1.807) is 18.3 Å². The molecule has 0 fully saturated rings. The summed E-state index contributed by atoms with van der Waals surface area (Å²) in [4.78, 5) is 3.89. The fourth-order valence-electron chi connectivity index (χ4n) is 0.795. The van der Waals surface area contributed by atoms with Gasteiger partial charge in [-0.25, -0.2) is 4.98 Å². The molecule has 0 spiro atoms. The van der Waals surface area contributed by atoms with E-state index in [0.717, 1.165) is 0 Å². The van der Waals surface area contributed by atoms with Gasteiger partial charge in [0.2, 0.25) is 0 Å². The summed E-state index contributed by atoms with van der Waals surface area (Å²) in [7, 11) is 0. The number of aromatic nitrogens is 1. The molecule has 2 N–H and O–H groups in total. The molecule has 78 valence electrons. The molecule has 4 heteroatoms. The van der Waals surface area contributed by atoms with Gasteiger partial charge in [0.1, 0.15) is 0 Å². The predicted molar refractivity (Wildman–Crippen MR) is 55.0 cm³/mol. The number of hydrogen-bond acceptors (Lipinski definition) is 4. The molecular formula is C10H16N2O2. The van der Waals surface area contributed by atoms with Gasteiger partial charge in [-0.15, -0.1) is 0 Å². The Morgan fingerprint density at radius 3 is 2.71 bits per heavy atom. The van der Waals surface area contributed by atoms with Gasteiger partial charge in [0, 0.05) is 6.20 Å². The molecule has 4 nitrogen and oxygen atoms in total. The van der Waals surface area contributed by atoms with Crippen LogP contribution in [-0.4, -0.2) is 17.4 Å². The van der Waals surface area contributed by atoms with Gasteiger partial charge in [-0.2, -0.15) is 0 Å². The van der Waals surface area contributed by atoms with E-state index >= 15 is 0 Å². The van der Waals surface area contributed by atoms with Crippen LogP contribution in [0.1, 0.15) is 20.8 Å². The Hall–Kier alpha value is -1.29. The van der Waals surface area contributed by atoms with Crippen molar-refractivity contribution in [2.45, 2.75) is 26.4 Å². The van der Waals surface area contributed by atoms with Crippen molar-refractivity contribution in [3.63, 3.8) is 0 Å². The maximum Gasteiger partial charge on any atom is 0.189 e. The average Bonchev–Trinajstić information content (AvgIpc) is 2.06. The van der Waals surface area contributed by atoms with Gasteiger partial charge < -0.3 is 15.2 Å². The first-order chi connectivity index (χ1) is 6.49. The number of hydrogen-bond donors (Lipinski definition) is 1. The molecule has 0 aromatic carbocycles. The van der Waals surface area contributed by atoms with Crippen molar-refractivity contribution >= 4 is 5.82 Å². The zero-order chi connectivity index (χ0) is 10.6. The number of nitrogens with two attached hydrogens (primary N) is 1. The van der Waals surface area contributed by atoms with Crippen molar-refractivity contribution in [2.24, 2.45) is 0 Å². The monoisotopic (exact) mass is 196 g/mol. The Morgan fingerprint density at radius 2 is 2.14 bits per heavy atom. The molecular weight excluding hydrogens is 180 g/mol. The summed E-state index contributed by atoms with van der Waals surface area (Å²) < 4.78 is 10.7. The van der Waals surface area contributed by atoms with Crippen LogP contribution < -0.4 is 10.5 Å². The van der Waals surface area contributed by atoms with Crippen molar-refractivity contribution in [1.29, 1.82) is 0 Å². The lowest BCUT2D eigenvalue weighted by Crippen LogP contribution is -2.22. The summed E-state index contributed by atoms with van der Waals surface area (Å²) in [5.41, 5.74) is 5.37. The van der Waals surface area contributed by atoms with Crippen LogP contribution in [-0.2, 0) is 4.74 Å². The Balaban J connectivity index is 2.43. The van der Waals surface area contributed by atoms with Crippen LogP contribution in [0, 0.1) is 0 Å². The van der Waals surface area contributed by atoms with E-state index in [0.29, 0.717) is 11.6 Å². The van der Waals surface area contributed by atoms with E-state index in [1.165, 1.54) is 0 Å². The third-order valence-corrected chi connectivity index (χ3v) is 1.51. The van der Waals surface area contributed by atoms with Gasteiger partial charge in [-0.3, -0.25) is 0 Å². The van der Waals surface area contributed by atoms with Crippen LogP contribution in [0.3, 0.4) is 0 Å². The quantitative estimate of drug-likeness (QED) is 0.749. The highest BCUT2D eigenvalue weighted by molar-refractivity contribution is 5.44. The van der Waals surface area contributed by atoms with Crippen molar-refractivity contribution in [3.05, 3.63) is 18.3 Å². The van der Waals surface area contributed by atoms with Gasteiger partial charge in [0.25, 0.3) is 0 Å². The van der Waals surface area contributed by atoms with Gasteiger partial charge >= 0.3 is 0 Å². The van der Waals surface area contributed by atoms with Gasteiger partial charge in [0.15, 0.2) is 18.4 Å². The lowest BCUT2D eigenvalue weighted by molar-refractivity contribution is -0.0756. The van der Waals surface area contributed by atoms with Crippen molar-refractivity contribution < 1.29 is 9.47 Å². The number of rotatable bonds is 3. The Morgan fingerprint density at radius 1 is 1.43 bits per heavy atom. The van der Waals surface area contributed by atoms with Crippen LogP contribution in [0.5, 0.6) is 5.75 Å². The van der Waals surface area contributed by atoms with Crippen LogP contribution in [0.2, 0.25) is 0 Å². The maximum absolute atomic E-state index is 5.58. The van der Waals surface area contributed by atoms with Crippen molar-refractivity contribution in [3.8, 4) is 5.75 Å². The summed E-state index contributed by atoms with van der Waals surface area (Å²) in [6.07, 6.45) is 1.62. The normalized spacial score (nSPS) is 11.4. The molecule has 1 rings (SSSR count). The molecule has 0 saturated carbocycles. The molecule has 0 bridgehead atoms. The third-order valence-electron chi connectivity index (χ3n) is 1.51. The second kappa shape index (κ2) is 4.28. The van der Waals surface area contributed by atoms with Crippen molar-refractivity contribution in [1.82, 2.24) is 4.98 Å². The van der Waals surface area contributed by atoms with E-state index in [4.69, 9.17) is 15.2 Å². The molecule has 0 atom stereocenters. The zero-order valence-electron chi connectivity index (χ0n) is 8.78. The molecule has 0 aliphatic carbocycles. The molecule has 14 heavy (non-hydrogen) atoms. The van der Waals surface area contributed by atoms with Gasteiger partial charge in [-0.05, 0) is 32.9 Å². The topological polar surface area (TPSA) is 57.4 Å². The van der Waals surface area contributed by atoms with Crippen LogP contribution in [0.15, 0.2) is 18.3 Å². The van der Waals surface area contributed by atoms with Crippen LogP contribution in [0.25, 0.3) is 0 Å². The molecule has 0 amide bonds. The largest absolute Gasteiger partial charge is 0.464 e. The third kappa shape index (κ3) is 3.62. The highest BCUT2D eigenvalue weighted by Crippen LogP contribution is 2.17. The molecule has 0 unspecified atom stereocenters. The highest BCUT2D eigenvalue weighted by Gasteiger charge is 2.10. The Kier molecular flexibility index (Phi) is 3.30. The standard InChI is InChI=1S/C10H16N2O2/c1-10(2,3)14-7-13-8-5-4-6-12-9(8)11/h4-6H,7H2,1-3H3,(H2,11,12). The summed E-state index contributed by atoms with van der Waals surface area (Å²) in [6, 6.07) is 3.52. The predicted octanol–water partition coefficient (Wildman–Crippen LogP) is 1.82. The molecule has 0 aliphatic heterocycles. The number of pyridine rings is 1. The first kappa shape index (κ1) is 10.8. The molecule has 1 heterocycles. The van der Waals surface area contributed by atoms with E-state index in [1.807, 2.05) is 20.8 Å². The number of nitrogen functional groups attached to an aromatic ring is 1. The average molecular weight is 196 g/mol. The highest BCUT2D eigenvalue weighted by atomic mass is 16.7. The van der Waals surface area contributed by atoms with E-state index in [-0.39, 0.29) is 12.4 Å². The second-order valence-electron chi connectivity index (χ2n) is 3.91. The van der Waals surface area contributed by atoms with Crippen molar-refractivity contribution in [2.75, 3.05) is 12.5 Å². The Labute approximate surface area is 84.0 Å².